The van der Waals surface area contributed by atoms with E-state index < -0.39 is 0 Å². The molecule has 0 unspecified atom stereocenters. The Morgan fingerprint density at radius 1 is 0.920 bits per heavy atom. The maximum absolute atomic E-state index is 11.8. The molecule has 6 heteroatoms. The minimum atomic E-state index is -0.107. The van der Waals surface area contributed by atoms with Crippen molar-refractivity contribution in [3.8, 4) is 0 Å². The zero-order valence-corrected chi connectivity index (χ0v) is 14.4. The lowest BCUT2D eigenvalue weighted by molar-refractivity contribution is -0.121. The van der Waals surface area contributed by atoms with E-state index >= 15 is 0 Å². The summed E-state index contributed by atoms with van der Waals surface area (Å²) in [7, 11) is 0. The number of aryl methyl sites for hydroxylation is 1. The van der Waals surface area contributed by atoms with Crippen molar-refractivity contribution in [2.24, 2.45) is 0 Å². The molecule has 25 heavy (non-hydrogen) atoms. The van der Waals surface area contributed by atoms with Gasteiger partial charge in [0.15, 0.2) is 0 Å². The number of benzene rings is 1. The Balaban J connectivity index is 1.54. The van der Waals surface area contributed by atoms with Gasteiger partial charge in [0.2, 0.25) is 11.8 Å². The van der Waals surface area contributed by atoms with Crippen molar-refractivity contribution >= 4 is 23.2 Å². The Labute approximate surface area is 148 Å². The summed E-state index contributed by atoms with van der Waals surface area (Å²) in [6.07, 6.45) is 2.79. The van der Waals surface area contributed by atoms with Crippen LogP contribution in [0.1, 0.15) is 25.0 Å². The van der Waals surface area contributed by atoms with E-state index in [1.807, 2.05) is 49.4 Å². The number of carbonyl (C=O) groups is 2. The van der Waals surface area contributed by atoms with Crippen molar-refractivity contribution in [1.29, 1.82) is 0 Å². The van der Waals surface area contributed by atoms with Crippen LogP contribution in [0.15, 0.2) is 48.7 Å². The minimum absolute atomic E-state index is 0.0420. The fourth-order valence-electron chi connectivity index (χ4n) is 2.23. The highest BCUT2D eigenvalue weighted by atomic mass is 16.2. The van der Waals surface area contributed by atoms with Gasteiger partial charge in [-0.2, -0.15) is 0 Å². The third-order valence-electron chi connectivity index (χ3n) is 3.55. The quantitative estimate of drug-likeness (QED) is 0.613. The Bertz CT molecular complexity index is 672. The van der Waals surface area contributed by atoms with E-state index in [-0.39, 0.29) is 11.8 Å². The molecular weight excluding hydrogens is 316 g/mol. The average Bonchev–Trinajstić information content (AvgIpc) is 2.62. The molecule has 0 aliphatic heterocycles. The molecule has 0 aliphatic carbocycles. The van der Waals surface area contributed by atoms with E-state index in [1.165, 1.54) is 0 Å². The summed E-state index contributed by atoms with van der Waals surface area (Å²) in [4.78, 5) is 27.7. The van der Waals surface area contributed by atoms with Crippen LogP contribution in [0.3, 0.4) is 0 Å². The lowest BCUT2D eigenvalue weighted by atomic mass is 10.2. The molecule has 1 aromatic heterocycles. The largest absolute Gasteiger partial charge is 0.383 e. The van der Waals surface area contributed by atoms with Crippen molar-refractivity contribution in [1.82, 2.24) is 10.3 Å². The first-order valence-corrected chi connectivity index (χ1v) is 8.41. The van der Waals surface area contributed by atoms with Gasteiger partial charge in [0.05, 0.1) is 11.9 Å². The number of nitrogens with one attached hydrogen (secondary N) is 3. The van der Waals surface area contributed by atoms with Gasteiger partial charge in [-0.05, 0) is 37.6 Å². The third-order valence-corrected chi connectivity index (χ3v) is 3.55. The topological polar surface area (TPSA) is 83.1 Å². The molecule has 0 saturated carbocycles. The third kappa shape index (κ3) is 7.48. The fourth-order valence-corrected chi connectivity index (χ4v) is 2.23. The summed E-state index contributed by atoms with van der Waals surface area (Å²) in [6.45, 7) is 3.10. The van der Waals surface area contributed by atoms with Crippen LogP contribution in [0.2, 0.25) is 0 Å². The van der Waals surface area contributed by atoms with E-state index in [2.05, 4.69) is 20.9 Å². The van der Waals surface area contributed by atoms with Gasteiger partial charge in [-0.3, -0.25) is 14.6 Å². The first-order valence-electron chi connectivity index (χ1n) is 8.41. The normalized spacial score (nSPS) is 10.1. The molecule has 6 nitrogen and oxygen atoms in total. The number of pyridine rings is 1. The summed E-state index contributed by atoms with van der Waals surface area (Å²) in [6, 6.07) is 13.5. The van der Waals surface area contributed by atoms with Crippen molar-refractivity contribution in [2.45, 2.75) is 26.2 Å². The highest BCUT2D eigenvalue weighted by Crippen LogP contribution is 2.07. The van der Waals surface area contributed by atoms with Crippen LogP contribution in [0, 0.1) is 6.92 Å². The van der Waals surface area contributed by atoms with Crippen molar-refractivity contribution in [3.63, 3.8) is 0 Å². The molecule has 2 rings (SSSR count). The minimum Gasteiger partial charge on any atom is -0.383 e. The second-order valence-electron chi connectivity index (χ2n) is 5.73. The van der Waals surface area contributed by atoms with E-state index in [1.54, 1.807) is 6.20 Å². The molecule has 1 heterocycles. The van der Waals surface area contributed by atoms with E-state index in [9.17, 15) is 9.59 Å². The highest BCUT2D eigenvalue weighted by molar-refractivity contribution is 5.90. The number of nitrogens with zero attached hydrogens (tertiary/aromatic N) is 1. The standard InChI is InChI=1S/C19H24N4O2/c1-15-10-11-17(14-22-15)23-19(25)9-5-8-18(24)21-13-12-20-16-6-3-2-4-7-16/h2-4,6-7,10-11,14,20H,5,8-9,12-13H2,1H3,(H,21,24)(H,23,25). The van der Waals surface area contributed by atoms with Crippen LogP contribution < -0.4 is 16.0 Å². The molecule has 0 fully saturated rings. The van der Waals surface area contributed by atoms with Gasteiger partial charge in [0, 0.05) is 37.3 Å². The van der Waals surface area contributed by atoms with Crippen LogP contribution in [-0.2, 0) is 9.59 Å². The van der Waals surface area contributed by atoms with Gasteiger partial charge in [-0.1, -0.05) is 18.2 Å². The zero-order chi connectivity index (χ0) is 17.9. The Hall–Kier alpha value is -2.89. The maximum atomic E-state index is 11.8. The Morgan fingerprint density at radius 2 is 1.68 bits per heavy atom. The van der Waals surface area contributed by atoms with Crippen LogP contribution in [0.5, 0.6) is 0 Å². The van der Waals surface area contributed by atoms with Gasteiger partial charge in [0.1, 0.15) is 0 Å². The van der Waals surface area contributed by atoms with Crippen molar-refractivity contribution in [3.05, 3.63) is 54.4 Å². The summed E-state index contributed by atoms with van der Waals surface area (Å²) < 4.78 is 0. The highest BCUT2D eigenvalue weighted by Gasteiger charge is 2.05. The van der Waals surface area contributed by atoms with Gasteiger partial charge in [0.25, 0.3) is 0 Å². The number of anilines is 2. The number of aromatic nitrogens is 1. The van der Waals surface area contributed by atoms with E-state index in [0.717, 1.165) is 11.4 Å². The number of amides is 2. The average molecular weight is 340 g/mol. The van der Waals surface area contributed by atoms with Gasteiger partial charge in [-0.25, -0.2) is 0 Å². The smallest absolute Gasteiger partial charge is 0.224 e. The molecule has 0 atom stereocenters. The second-order valence-corrected chi connectivity index (χ2v) is 5.73. The van der Waals surface area contributed by atoms with Gasteiger partial charge >= 0.3 is 0 Å². The molecule has 0 saturated heterocycles. The number of hydrogen-bond donors (Lipinski definition) is 3. The van der Waals surface area contributed by atoms with Crippen molar-refractivity contribution in [2.75, 3.05) is 23.7 Å². The van der Waals surface area contributed by atoms with E-state index in [4.69, 9.17) is 0 Å². The van der Waals surface area contributed by atoms with Crippen LogP contribution in [0.4, 0.5) is 11.4 Å². The molecular formula is C19H24N4O2. The fraction of sp³-hybridized carbons (Fsp3) is 0.316. The lowest BCUT2D eigenvalue weighted by Gasteiger charge is -2.08. The summed E-state index contributed by atoms with van der Waals surface area (Å²) in [5.41, 5.74) is 2.60. The monoisotopic (exact) mass is 340 g/mol. The molecule has 132 valence electrons. The molecule has 0 bridgehead atoms. The second kappa shape index (κ2) is 10.1. The predicted octanol–water partition coefficient (Wildman–Crippen LogP) is 2.73. The summed E-state index contributed by atoms with van der Waals surface area (Å²) in [5, 5.41) is 8.83. The van der Waals surface area contributed by atoms with E-state index in [0.29, 0.717) is 38.0 Å². The maximum Gasteiger partial charge on any atom is 0.224 e. The SMILES string of the molecule is Cc1ccc(NC(=O)CCCC(=O)NCCNc2ccccc2)cn1. The summed E-state index contributed by atoms with van der Waals surface area (Å²) >= 11 is 0. The molecule has 1 aromatic carbocycles. The molecule has 0 aliphatic rings. The molecule has 0 radical (unpaired) electrons. The zero-order valence-electron chi connectivity index (χ0n) is 14.4. The first kappa shape index (κ1) is 18.4. The van der Waals surface area contributed by atoms with Crippen LogP contribution >= 0.6 is 0 Å². The van der Waals surface area contributed by atoms with Crippen LogP contribution in [0.25, 0.3) is 0 Å². The number of hydrogen-bond acceptors (Lipinski definition) is 4. The Kier molecular flexibility index (Phi) is 7.43. The number of para-hydroxylation sites is 1. The first-order chi connectivity index (χ1) is 12.1. The molecule has 0 spiro atoms. The number of carbonyl (C=O) groups excluding carboxylic acids is 2. The van der Waals surface area contributed by atoms with Crippen molar-refractivity contribution < 1.29 is 9.59 Å². The van der Waals surface area contributed by atoms with Crippen LogP contribution in [-0.4, -0.2) is 29.9 Å². The van der Waals surface area contributed by atoms with Gasteiger partial charge in [-0.15, -0.1) is 0 Å². The number of rotatable bonds is 9. The van der Waals surface area contributed by atoms with Gasteiger partial charge < -0.3 is 16.0 Å². The molecule has 2 aromatic rings. The molecule has 2 amide bonds. The lowest BCUT2D eigenvalue weighted by Crippen LogP contribution is -2.28. The summed E-state index contributed by atoms with van der Waals surface area (Å²) in [5.74, 6) is -0.149. The predicted molar refractivity (Wildman–Crippen MR) is 99.4 cm³/mol. The Morgan fingerprint density at radius 3 is 2.40 bits per heavy atom. The molecule has 3 N–H and O–H groups in total.